The van der Waals surface area contributed by atoms with Gasteiger partial charge < -0.3 is 18.6 Å². The zero-order chi connectivity index (χ0) is 98.1. The molecular weight excluding hydrogens is 1890 g/mol. The van der Waals surface area contributed by atoms with Crippen molar-refractivity contribution in [2.75, 3.05) is 0 Å². The molecule has 0 N–H and O–H groups in total. The van der Waals surface area contributed by atoms with Crippen molar-refractivity contribution >= 4 is 78.7 Å². The molecule has 0 saturated carbocycles. The Morgan fingerprint density at radius 1 is 0.222 bits per heavy atom. The second-order valence-electron chi connectivity index (χ2n) is 31.1. The van der Waals surface area contributed by atoms with Gasteiger partial charge in [-0.3, -0.25) is 0 Å². The highest BCUT2D eigenvalue weighted by Gasteiger charge is 2.48. The number of ether oxygens (including phenoxy) is 2. The Kier molecular flexibility index (Phi) is 21.1. The second kappa shape index (κ2) is 30.7. The van der Waals surface area contributed by atoms with Crippen LogP contribution in [0, 0.1) is 0 Å². The SMILES string of the molecule is O=C(Oc1c(-c2cc(C(F)(F)F)cc(C(F)(F)F)c2)cc(-c2cc(C(F)(F)F)cc(C(F)(F)F)c2)cc1-c1cc(C(F)(F)F)cc(C(F)(F)F)c1)c1ccc2c(c1)c1cccc3c1n2-c1cccc2c1B3c1cccc3c4cc(C(=O)Oc5c(-c6cc(C(F)(F)F)cc(C(F)(F)F)c6)cc(-c6cc(C(F)(F)F)cc(C(F)(F)F)c6)cc5-c5cc(C(F)(F)F)cc(C(F)(F)F)c5)ccc4n-2c13. The van der Waals surface area contributed by atoms with E-state index in [2.05, 4.69) is 0 Å². The first-order valence-electron chi connectivity index (χ1n) is 38.1. The van der Waals surface area contributed by atoms with Gasteiger partial charge in [-0.15, -0.1) is 0 Å². The zero-order valence-corrected chi connectivity index (χ0v) is 65.6. The lowest BCUT2D eigenvalue weighted by Crippen LogP contribution is -2.59. The summed E-state index contributed by atoms with van der Waals surface area (Å²) in [5.41, 5.74) is -42.1. The lowest BCUT2D eigenvalue weighted by Gasteiger charge is -2.33. The Morgan fingerprint density at radius 2 is 0.430 bits per heavy atom. The number of nitrogens with zero attached hydrogens (tertiary/aromatic N) is 2. The number of carbonyl (C=O) groups excluding carboxylic acids is 2. The normalized spacial score (nSPS) is 13.7. The maximum atomic E-state index is 15.3. The quantitative estimate of drug-likeness (QED) is 0.0592. The lowest BCUT2D eigenvalue weighted by atomic mass is 9.34. The van der Waals surface area contributed by atoms with Crippen LogP contribution in [0.5, 0.6) is 11.5 Å². The Morgan fingerprint density at radius 3 is 0.652 bits per heavy atom. The summed E-state index contributed by atoms with van der Waals surface area (Å²) in [5, 5.41) is 0.408. The van der Waals surface area contributed by atoms with Crippen LogP contribution in [0.25, 0.3) is 122 Å². The van der Waals surface area contributed by atoms with Crippen LogP contribution in [-0.2, 0) is 74.1 Å². The fourth-order valence-corrected chi connectivity index (χ4v) is 16.8. The number of alkyl halides is 36. The number of hydrogen-bond donors (Lipinski definition) is 0. The molecule has 0 spiro atoms. The number of carbonyl (C=O) groups is 2. The first kappa shape index (κ1) is 92.8. The third kappa shape index (κ3) is 16.9. The summed E-state index contributed by atoms with van der Waals surface area (Å²) < 4.78 is 546. The largest absolute Gasteiger partial charge is 0.422 e. The molecule has 4 heterocycles. The van der Waals surface area contributed by atoms with E-state index in [9.17, 15) is 158 Å². The summed E-state index contributed by atoms with van der Waals surface area (Å²) in [4.78, 5) is 30.6. The molecule has 0 unspecified atom stereocenters. The first-order valence-corrected chi connectivity index (χ1v) is 38.1. The van der Waals surface area contributed by atoms with Gasteiger partial charge in [0.25, 0.3) is 6.71 Å². The highest BCUT2D eigenvalue weighted by molar-refractivity contribution is 7.00. The molecule has 0 saturated heterocycles. The van der Waals surface area contributed by atoms with Gasteiger partial charge >= 0.3 is 86.1 Å². The number of benzene rings is 13. The number of esters is 2. The Labute approximate surface area is 728 Å². The fourth-order valence-electron chi connectivity index (χ4n) is 16.8. The summed E-state index contributed by atoms with van der Waals surface area (Å²) in [6.45, 7) is -0.956. The minimum absolute atomic E-state index is 0.0219. The van der Waals surface area contributed by atoms with Crippen molar-refractivity contribution in [1.29, 1.82) is 0 Å². The van der Waals surface area contributed by atoms with Crippen molar-refractivity contribution in [1.82, 2.24) is 9.13 Å². The number of halogens is 36. The van der Waals surface area contributed by atoms with Crippen LogP contribution in [0.4, 0.5) is 158 Å². The van der Waals surface area contributed by atoms with Crippen LogP contribution in [0.1, 0.15) is 87.5 Å². The Bertz CT molecular complexity index is 6700. The van der Waals surface area contributed by atoms with E-state index in [-0.39, 0.29) is 152 Å². The number of rotatable bonds is 10. The molecule has 0 radical (unpaired) electrons. The van der Waals surface area contributed by atoms with E-state index < -0.39 is 285 Å². The number of fused-ring (bicyclic) bond motifs is 10. The number of hydrogen-bond acceptors (Lipinski definition) is 4. The smallest absolute Gasteiger partial charge is 0.416 e. The molecule has 0 aliphatic carbocycles. The predicted octanol–water partition coefficient (Wildman–Crippen LogP) is 29.7. The maximum absolute atomic E-state index is 15.3. The van der Waals surface area contributed by atoms with Crippen molar-refractivity contribution < 1.29 is 177 Å². The highest BCUT2D eigenvalue weighted by Crippen LogP contribution is 2.55. The zero-order valence-electron chi connectivity index (χ0n) is 65.6. The molecule has 2 aliphatic heterocycles. The van der Waals surface area contributed by atoms with Gasteiger partial charge in [0.05, 0.1) is 88.9 Å². The molecule has 0 amide bonds. The molecular formula is C92H37BF36N2O4. The molecule has 17 rings (SSSR count). The molecule has 2 aromatic heterocycles. The van der Waals surface area contributed by atoms with Gasteiger partial charge in [0.15, 0.2) is 0 Å². The van der Waals surface area contributed by atoms with Gasteiger partial charge in [0.1, 0.15) is 11.5 Å². The van der Waals surface area contributed by atoms with Crippen molar-refractivity contribution in [3.8, 4) is 89.6 Å². The van der Waals surface area contributed by atoms with Crippen molar-refractivity contribution in [3.05, 3.63) is 302 Å². The van der Waals surface area contributed by atoms with Gasteiger partial charge in [-0.25, -0.2) is 9.59 Å². The van der Waals surface area contributed by atoms with Gasteiger partial charge in [-0.1, -0.05) is 42.5 Å². The van der Waals surface area contributed by atoms with Crippen LogP contribution in [0.3, 0.4) is 0 Å². The molecule has 6 nitrogen and oxygen atoms in total. The summed E-state index contributed by atoms with van der Waals surface area (Å²) in [6, 6.07) is 17.0. The molecule has 2 aliphatic rings. The predicted molar refractivity (Wildman–Crippen MR) is 415 cm³/mol. The van der Waals surface area contributed by atoms with E-state index >= 15 is 9.59 Å². The summed E-state index contributed by atoms with van der Waals surface area (Å²) >= 11 is 0. The molecule has 694 valence electrons. The van der Waals surface area contributed by atoms with Gasteiger partial charge in [0.2, 0.25) is 0 Å². The molecule has 15 aromatic rings. The van der Waals surface area contributed by atoms with Gasteiger partial charge in [0, 0.05) is 66.2 Å². The Hall–Kier alpha value is -14.1. The molecule has 0 atom stereocenters. The van der Waals surface area contributed by atoms with E-state index in [4.69, 9.17) is 9.47 Å². The molecule has 43 heteroatoms. The van der Waals surface area contributed by atoms with E-state index in [1.54, 1.807) is 33.4 Å². The van der Waals surface area contributed by atoms with E-state index in [0.717, 1.165) is 24.3 Å². The minimum Gasteiger partial charge on any atom is -0.422 e. The van der Waals surface area contributed by atoms with Crippen LogP contribution in [-0.4, -0.2) is 27.8 Å². The summed E-state index contributed by atoms with van der Waals surface area (Å²) in [7, 11) is 0. The minimum atomic E-state index is -5.83. The van der Waals surface area contributed by atoms with E-state index in [1.807, 2.05) is 0 Å². The standard InChI is InChI=1S/C92H37BF36N2O4/c94-81(95,96)48-14-40(15-49(32-48)82(97,98)99)42-28-62(44-18-52(85(106,107)108)34-53(19-44)86(109,110)111)77(63(29-42)45-20-54(87(112,113)114)35-55(21-45)88(115,116)117)134-79(132)38-10-12-70-66(26-38)60-4-1-6-68-75(60)130(70)72-8-3-9-73-74(72)93(68)69-7-2-5-61-67-27-39(11-13-71(67)131(73)76(61)69)80(133)135-78-64(46-22-56(89(118,119)120)36-57(23-46)90(121,122)123)30-43(41-16-50(83(100,101)102)33-51(17-41)84(103,104)105)31-65(78)47-24-58(91(124,125)126)37-59(25-47)92(127,128)129/h1-37H. The van der Waals surface area contributed by atoms with Crippen LogP contribution in [0.15, 0.2) is 224 Å². The molecule has 135 heavy (non-hydrogen) atoms. The second-order valence-corrected chi connectivity index (χ2v) is 31.1. The lowest BCUT2D eigenvalue weighted by molar-refractivity contribution is -0.144. The average molecular weight is 1930 g/mol. The fraction of sp³-hybridized carbons (Fsp3) is 0.130. The third-order valence-corrected chi connectivity index (χ3v) is 22.6. The van der Waals surface area contributed by atoms with Crippen molar-refractivity contribution in [3.63, 3.8) is 0 Å². The van der Waals surface area contributed by atoms with Gasteiger partial charge in [-0.05, 0) is 243 Å². The van der Waals surface area contributed by atoms with E-state index in [0.29, 0.717) is 16.4 Å². The third-order valence-electron chi connectivity index (χ3n) is 22.6. The Balaban J connectivity index is 0.827. The summed E-state index contributed by atoms with van der Waals surface area (Å²) in [6.07, 6.45) is -69.6. The average Bonchev–Trinajstić information content (AvgIpc) is 1.53. The molecule has 0 bridgehead atoms. The van der Waals surface area contributed by atoms with Crippen molar-refractivity contribution in [2.24, 2.45) is 0 Å². The summed E-state index contributed by atoms with van der Waals surface area (Å²) in [5.74, 6) is -6.75. The van der Waals surface area contributed by atoms with Crippen LogP contribution < -0.4 is 25.9 Å². The highest BCUT2D eigenvalue weighted by atomic mass is 19.5. The van der Waals surface area contributed by atoms with Crippen molar-refractivity contribution in [2.45, 2.75) is 74.1 Å². The van der Waals surface area contributed by atoms with Gasteiger partial charge in [-0.2, -0.15) is 158 Å². The van der Waals surface area contributed by atoms with Crippen LogP contribution in [0.2, 0.25) is 0 Å². The maximum Gasteiger partial charge on any atom is 0.416 e. The number of para-hydroxylation sites is 2. The molecule has 0 fully saturated rings. The number of aromatic nitrogens is 2. The van der Waals surface area contributed by atoms with Crippen LogP contribution >= 0.6 is 0 Å². The van der Waals surface area contributed by atoms with E-state index in [1.165, 1.54) is 42.5 Å². The monoisotopic (exact) mass is 1930 g/mol. The topological polar surface area (TPSA) is 62.5 Å². The first-order chi connectivity index (χ1) is 62.3. The molecule has 13 aromatic carbocycles.